The molecule has 6 heteroatoms. The second-order valence-corrected chi connectivity index (χ2v) is 11.6. The number of rotatable bonds is 7. The van der Waals surface area contributed by atoms with E-state index >= 15 is 0 Å². The topological polar surface area (TPSA) is 74.2 Å². The minimum absolute atomic E-state index is 0.0847. The maximum Gasteiger partial charge on any atom is 0.343 e. The van der Waals surface area contributed by atoms with Crippen molar-refractivity contribution in [1.29, 1.82) is 0 Å². The van der Waals surface area contributed by atoms with E-state index in [0.29, 0.717) is 12.5 Å². The largest absolute Gasteiger partial charge is 0.467 e. The average Bonchev–Trinajstić information content (AvgIpc) is 3.28. The van der Waals surface area contributed by atoms with Gasteiger partial charge in [-0.3, -0.25) is 0 Å². The van der Waals surface area contributed by atoms with Crippen LogP contribution in [0.15, 0.2) is 42.0 Å². The predicted molar refractivity (Wildman–Crippen MR) is 129 cm³/mol. The second kappa shape index (κ2) is 9.05. The van der Waals surface area contributed by atoms with Crippen LogP contribution >= 0.6 is 0 Å². The van der Waals surface area contributed by atoms with Crippen molar-refractivity contribution in [2.24, 2.45) is 16.7 Å². The number of ether oxygens (including phenoxy) is 4. The van der Waals surface area contributed by atoms with Crippen molar-refractivity contribution in [2.45, 2.75) is 90.5 Å². The Labute approximate surface area is 203 Å². The molecule has 188 valence electrons. The molecular formula is C28H40O6. The highest BCUT2D eigenvalue weighted by atomic mass is 16.8. The van der Waals surface area contributed by atoms with Crippen LogP contribution in [0.5, 0.6) is 0 Å². The van der Waals surface area contributed by atoms with Gasteiger partial charge in [-0.1, -0.05) is 63.6 Å². The summed E-state index contributed by atoms with van der Waals surface area (Å²) in [5.74, 6) is -1.24. The van der Waals surface area contributed by atoms with E-state index in [1.54, 1.807) is 13.8 Å². The van der Waals surface area contributed by atoms with Gasteiger partial charge in [0.1, 0.15) is 12.2 Å². The molecule has 1 aromatic rings. The highest BCUT2D eigenvalue weighted by Crippen LogP contribution is 2.61. The van der Waals surface area contributed by atoms with E-state index in [4.69, 9.17) is 18.9 Å². The van der Waals surface area contributed by atoms with E-state index in [1.807, 2.05) is 30.3 Å². The van der Waals surface area contributed by atoms with Crippen LogP contribution in [-0.2, 0) is 30.3 Å². The molecule has 1 saturated carbocycles. The van der Waals surface area contributed by atoms with Crippen molar-refractivity contribution in [1.82, 2.24) is 0 Å². The maximum absolute atomic E-state index is 13.2. The number of benzene rings is 1. The summed E-state index contributed by atoms with van der Waals surface area (Å²) in [6.45, 7) is 10.6. The summed E-state index contributed by atoms with van der Waals surface area (Å²) in [5.41, 5.74) is 0.398. The van der Waals surface area contributed by atoms with Crippen molar-refractivity contribution < 1.29 is 28.8 Å². The van der Waals surface area contributed by atoms with Crippen molar-refractivity contribution in [3.8, 4) is 0 Å². The number of carbonyl (C=O) groups is 1. The monoisotopic (exact) mass is 472 g/mol. The molecule has 1 saturated heterocycles. The summed E-state index contributed by atoms with van der Waals surface area (Å²) in [5, 5.41) is 11.8. The number of carbonyl (C=O) groups excluding carboxylic acids is 1. The van der Waals surface area contributed by atoms with E-state index in [9.17, 15) is 9.90 Å². The maximum atomic E-state index is 13.2. The molecule has 1 aromatic carbocycles. The van der Waals surface area contributed by atoms with Gasteiger partial charge < -0.3 is 24.1 Å². The molecule has 0 bridgehead atoms. The molecule has 4 rings (SSSR count). The van der Waals surface area contributed by atoms with Crippen LogP contribution in [0.25, 0.3) is 0 Å². The molecule has 5 atom stereocenters. The molecule has 6 nitrogen and oxygen atoms in total. The lowest BCUT2D eigenvalue weighted by molar-refractivity contribution is -0.197. The molecule has 3 aliphatic rings. The van der Waals surface area contributed by atoms with Crippen LogP contribution in [0, 0.1) is 16.7 Å². The first-order valence-electron chi connectivity index (χ1n) is 12.4. The highest BCUT2D eigenvalue weighted by molar-refractivity contribution is 5.81. The average molecular weight is 473 g/mol. The third-order valence-electron chi connectivity index (χ3n) is 8.33. The van der Waals surface area contributed by atoms with Gasteiger partial charge in [-0.15, -0.1) is 0 Å². The van der Waals surface area contributed by atoms with Crippen LogP contribution in [0.2, 0.25) is 0 Å². The summed E-state index contributed by atoms with van der Waals surface area (Å²) >= 11 is 0. The molecule has 0 amide bonds. The highest BCUT2D eigenvalue weighted by Gasteiger charge is 2.64. The first-order chi connectivity index (χ1) is 16.0. The summed E-state index contributed by atoms with van der Waals surface area (Å²) in [6.07, 6.45) is 4.44. The van der Waals surface area contributed by atoms with Crippen LogP contribution in [0.1, 0.15) is 65.9 Å². The quantitative estimate of drug-likeness (QED) is 0.454. The summed E-state index contributed by atoms with van der Waals surface area (Å²) < 4.78 is 23.7. The Morgan fingerprint density at radius 1 is 1.15 bits per heavy atom. The normalized spacial score (nSPS) is 34.9. The lowest BCUT2D eigenvalue weighted by Crippen LogP contribution is -2.58. The molecule has 1 heterocycles. The fourth-order valence-corrected chi connectivity index (χ4v) is 6.78. The van der Waals surface area contributed by atoms with E-state index < -0.39 is 29.6 Å². The van der Waals surface area contributed by atoms with Crippen molar-refractivity contribution in [3.63, 3.8) is 0 Å². The number of aliphatic hydroxyl groups excluding tert-OH is 1. The SMILES string of the molecule is COC(=O)[C@]1(COCc2ccccc2)OC(C)(C)O[C@H]1[C@H](O)C1=CC[C@H]2C(C)(C)CCC[C@]12C. The van der Waals surface area contributed by atoms with Crippen LogP contribution in [0.3, 0.4) is 0 Å². The van der Waals surface area contributed by atoms with E-state index in [0.717, 1.165) is 30.4 Å². The Hall–Kier alpha value is -1.73. The molecule has 0 spiro atoms. The first kappa shape index (κ1) is 25.4. The van der Waals surface area contributed by atoms with Crippen molar-refractivity contribution in [3.05, 3.63) is 47.5 Å². The smallest absolute Gasteiger partial charge is 0.343 e. The zero-order valence-electron chi connectivity index (χ0n) is 21.4. The Balaban J connectivity index is 1.63. The number of esters is 1. The Morgan fingerprint density at radius 3 is 2.53 bits per heavy atom. The summed E-state index contributed by atoms with van der Waals surface area (Å²) in [6, 6.07) is 9.74. The number of fused-ring (bicyclic) bond motifs is 1. The van der Waals surface area contributed by atoms with Crippen LogP contribution in [-0.4, -0.2) is 48.4 Å². The lowest BCUT2D eigenvalue weighted by atomic mass is 9.55. The minimum atomic E-state index is -1.58. The summed E-state index contributed by atoms with van der Waals surface area (Å²) in [7, 11) is 1.33. The zero-order chi connectivity index (χ0) is 24.8. The summed E-state index contributed by atoms with van der Waals surface area (Å²) in [4.78, 5) is 13.2. The van der Waals surface area contributed by atoms with Gasteiger partial charge in [0.25, 0.3) is 0 Å². The zero-order valence-corrected chi connectivity index (χ0v) is 21.4. The number of methoxy groups -OCH3 is 1. The van der Waals surface area contributed by atoms with Crippen molar-refractivity contribution >= 4 is 5.97 Å². The van der Waals surface area contributed by atoms with Gasteiger partial charge in [0.15, 0.2) is 5.79 Å². The molecule has 1 N–H and O–H groups in total. The number of hydrogen-bond donors (Lipinski definition) is 1. The van der Waals surface area contributed by atoms with Gasteiger partial charge in [-0.2, -0.15) is 0 Å². The molecule has 2 aliphatic carbocycles. The molecule has 0 aromatic heterocycles. The van der Waals surface area contributed by atoms with Gasteiger partial charge in [0.2, 0.25) is 5.60 Å². The Morgan fingerprint density at radius 2 is 1.85 bits per heavy atom. The van der Waals surface area contributed by atoms with Gasteiger partial charge in [0.05, 0.1) is 20.3 Å². The fraction of sp³-hybridized carbons (Fsp3) is 0.679. The van der Waals surface area contributed by atoms with Crippen molar-refractivity contribution in [2.75, 3.05) is 13.7 Å². The molecular weight excluding hydrogens is 432 g/mol. The molecule has 1 aliphatic heterocycles. The van der Waals surface area contributed by atoms with Gasteiger partial charge in [0, 0.05) is 0 Å². The Bertz CT molecular complexity index is 922. The van der Waals surface area contributed by atoms with Gasteiger partial charge in [-0.05, 0) is 61.0 Å². The number of allylic oxidation sites excluding steroid dienone is 1. The second-order valence-electron chi connectivity index (χ2n) is 11.6. The molecule has 0 radical (unpaired) electrons. The molecule has 2 fully saturated rings. The number of aliphatic hydroxyl groups is 1. The minimum Gasteiger partial charge on any atom is -0.467 e. The first-order valence-corrected chi connectivity index (χ1v) is 12.4. The van der Waals surface area contributed by atoms with E-state index in [-0.39, 0.29) is 17.4 Å². The predicted octanol–water partition coefficient (Wildman–Crippen LogP) is 4.79. The fourth-order valence-electron chi connectivity index (χ4n) is 6.78. The standard InChI is InChI=1S/C28H40O6/c1-25(2)15-10-16-27(5)20(13-14-21(25)27)22(29)23-28(24(30)31-6,34-26(3,4)33-23)18-32-17-19-11-8-7-9-12-19/h7-9,11-13,21-23,29H,10,14-18H2,1-6H3/t21-,22+,23-,27+,28+/m0/s1. The lowest BCUT2D eigenvalue weighted by Gasteiger charge is -2.50. The molecule has 0 unspecified atom stereocenters. The third-order valence-corrected chi connectivity index (χ3v) is 8.33. The van der Waals surface area contributed by atoms with Crippen LogP contribution in [0.4, 0.5) is 0 Å². The van der Waals surface area contributed by atoms with Crippen LogP contribution < -0.4 is 0 Å². The van der Waals surface area contributed by atoms with Gasteiger partial charge in [-0.25, -0.2) is 4.79 Å². The van der Waals surface area contributed by atoms with E-state index in [1.165, 1.54) is 13.5 Å². The number of hydrogen-bond acceptors (Lipinski definition) is 6. The molecule has 34 heavy (non-hydrogen) atoms. The van der Waals surface area contributed by atoms with Gasteiger partial charge >= 0.3 is 5.97 Å². The Kier molecular flexibility index (Phi) is 6.75. The van der Waals surface area contributed by atoms with E-state index in [2.05, 4.69) is 26.8 Å². The third kappa shape index (κ3) is 4.34.